The Labute approximate surface area is 212 Å². The predicted octanol–water partition coefficient (Wildman–Crippen LogP) is -0.0664. The van der Waals surface area contributed by atoms with Crippen LogP contribution in [0.5, 0.6) is 0 Å². The van der Waals surface area contributed by atoms with Gasteiger partial charge in [-0.1, -0.05) is 58.0 Å². The molecule has 0 saturated heterocycles. The Hall–Kier alpha value is -3.47. The molecule has 0 fully saturated rings. The molecule has 0 heterocycles. The minimum atomic E-state index is -1.20. The van der Waals surface area contributed by atoms with Crippen molar-refractivity contribution in [2.24, 2.45) is 17.6 Å². The Bertz CT molecular complexity index is 905. The average Bonchev–Trinajstić information content (AvgIpc) is 2.80. The molecule has 0 aliphatic carbocycles. The van der Waals surface area contributed by atoms with Gasteiger partial charge in [-0.3, -0.25) is 24.0 Å². The molecular weight excluding hydrogens is 466 g/mol. The number of carbonyl (C=O) groups excluding carboxylic acids is 4. The third kappa shape index (κ3) is 10.9. The van der Waals surface area contributed by atoms with E-state index in [0.717, 1.165) is 5.56 Å². The number of benzene rings is 1. The van der Waals surface area contributed by atoms with Gasteiger partial charge in [0.15, 0.2) is 0 Å². The Kier molecular flexibility index (Phi) is 12.6. The summed E-state index contributed by atoms with van der Waals surface area (Å²) >= 11 is 0. The zero-order chi connectivity index (χ0) is 27.4. The third-order valence-electron chi connectivity index (χ3n) is 5.39. The Morgan fingerprint density at radius 1 is 0.833 bits per heavy atom. The SMILES string of the molecule is CC(C)CC(NC(=O)C(C)NC(=O)C(NC(=O)C(N)Cc1ccccc1)C(C)C)C(=O)NCC(=O)O. The van der Waals surface area contributed by atoms with Gasteiger partial charge in [0.05, 0.1) is 6.04 Å². The van der Waals surface area contributed by atoms with Crippen molar-refractivity contribution < 1.29 is 29.1 Å². The molecule has 1 rings (SSSR count). The number of aliphatic carboxylic acids is 1. The molecule has 11 nitrogen and oxygen atoms in total. The number of nitrogens with two attached hydrogens (primary N) is 1. The van der Waals surface area contributed by atoms with E-state index in [0.29, 0.717) is 6.42 Å². The number of carbonyl (C=O) groups is 5. The van der Waals surface area contributed by atoms with Gasteiger partial charge in [-0.05, 0) is 37.2 Å². The maximum Gasteiger partial charge on any atom is 0.322 e. The monoisotopic (exact) mass is 505 g/mol. The molecule has 0 spiro atoms. The minimum Gasteiger partial charge on any atom is -0.480 e. The lowest BCUT2D eigenvalue weighted by atomic mass is 10.0. The third-order valence-corrected chi connectivity index (χ3v) is 5.39. The molecule has 36 heavy (non-hydrogen) atoms. The molecule has 200 valence electrons. The number of hydrogen-bond acceptors (Lipinski definition) is 6. The fourth-order valence-electron chi connectivity index (χ4n) is 3.41. The second kappa shape index (κ2) is 14.8. The average molecular weight is 506 g/mol. The number of rotatable bonds is 14. The van der Waals surface area contributed by atoms with Gasteiger partial charge in [-0.2, -0.15) is 0 Å². The summed E-state index contributed by atoms with van der Waals surface area (Å²) in [4.78, 5) is 61.3. The summed E-state index contributed by atoms with van der Waals surface area (Å²) in [6, 6.07) is 5.49. The molecular formula is C25H39N5O6. The predicted molar refractivity (Wildman–Crippen MR) is 135 cm³/mol. The second-order valence-electron chi connectivity index (χ2n) is 9.56. The van der Waals surface area contributed by atoms with Gasteiger partial charge >= 0.3 is 5.97 Å². The normalized spacial score (nSPS) is 14.3. The van der Waals surface area contributed by atoms with Crippen molar-refractivity contribution in [3.63, 3.8) is 0 Å². The van der Waals surface area contributed by atoms with E-state index < -0.39 is 60.3 Å². The van der Waals surface area contributed by atoms with Crippen LogP contribution < -0.4 is 27.0 Å². The zero-order valence-corrected chi connectivity index (χ0v) is 21.5. The highest BCUT2D eigenvalue weighted by atomic mass is 16.4. The summed E-state index contributed by atoms with van der Waals surface area (Å²) in [6.45, 7) is 8.10. The van der Waals surface area contributed by atoms with Gasteiger partial charge in [0.2, 0.25) is 23.6 Å². The molecule has 1 aromatic rings. The topological polar surface area (TPSA) is 180 Å². The number of nitrogens with one attached hydrogen (secondary N) is 4. The molecule has 0 saturated carbocycles. The van der Waals surface area contributed by atoms with Gasteiger partial charge in [-0.25, -0.2) is 0 Å². The van der Waals surface area contributed by atoms with Crippen LogP contribution in [-0.4, -0.2) is 65.4 Å². The Morgan fingerprint density at radius 3 is 1.97 bits per heavy atom. The van der Waals surface area contributed by atoms with Crippen LogP contribution in [0.15, 0.2) is 30.3 Å². The summed E-state index contributed by atoms with van der Waals surface area (Å²) in [7, 11) is 0. The largest absolute Gasteiger partial charge is 0.480 e. The summed E-state index contributed by atoms with van der Waals surface area (Å²) in [5.74, 6) is -3.75. The first-order valence-electron chi connectivity index (χ1n) is 12.0. The summed E-state index contributed by atoms with van der Waals surface area (Å²) in [5.41, 5.74) is 6.92. The standard InChI is InChI=1S/C25H39N5O6/c1-14(2)11-19(24(35)27-13-20(31)32)29-22(33)16(5)28-25(36)21(15(3)4)30-23(34)18(26)12-17-9-7-6-8-10-17/h6-10,14-16,18-19,21H,11-13,26H2,1-5H3,(H,27,35)(H,28,36)(H,29,33)(H,30,34)(H,31,32). The number of carboxylic acids is 1. The fourth-order valence-corrected chi connectivity index (χ4v) is 3.41. The zero-order valence-electron chi connectivity index (χ0n) is 21.5. The molecule has 0 radical (unpaired) electrons. The lowest BCUT2D eigenvalue weighted by Gasteiger charge is -2.26. The van der Waals surface area contributed by atoms with Gasteiger partial charge in [-0.15, -0.1) is 0 Å². The van der Waals surface area contributed by atoms with Gasteiger partial charge in [0.25, 0.3) is 0 Å². The van der Waals surface area contributed by atoms with E-state index in [4.69, 9.17) is 10.8 Å². The summed E-state index contributed by atoms with van der Waals surface area (Å²) in [6.07, 6.45) is 0.584. The van der Waals surface area contributed by atoms with Gasteiger partial charge < -0.3 is 32.1 Å². The van der Waals surface area contributed by atoms with Crippen LogP contribution in [0.3, 0.4) is 0 Å². The lowest BCUT2D eigenvalue weighted by molar-refractivity contribution is -0.138. The molecule has 11 heteroatoms. The van der Waals surface area contributed by atoms with Crippen LogP contribution in [0.1, 0.15) is 46.6 Å². The first-order valence-corrected chi connectivity index (χ1v) is 12.0. The molecule has 0 aliphatic heterocycles. The minimum absolute atomic E-state index is 0.0383. The highest BCUT2D eigenvalue weighted by Gasteiger charge is 2.30. The van der Waals surface area contributed by atoms with Crippen molar-refractivity contribution in [3.05, 3.63) is 35.9 Å². The van der Waals surface area contributed by atoms with E-state index in [1.165, 1.54) is 6.92 Å². The Balaban J connectivity index is 2.76. The van der Waals surface area contributed by atoms with Crippen LogP contribution in [0.2, 0.25) is 0 Å². The second-order valence-corrected chi connectivity index (χ2v) is 9.56. The van der Waals surface area contributed by atoms with Crippen molar-refractivity contribution >= 4 is 29.6 Å². The van der Waals surface area contributed by atoms with Crippen molar-refractivity contribution in [2.75, 3.05) is 6.54 Å². The first-order chi connectivity index (χ1) is 16.8. The van der Waals surface area contributed by atoms with Gasteiger partial charge in [0.1, 0.15) is 24.7 Å². The molecule has 7 N–H and O–H groups in total. The molecule has 4 unspecified atom stereocenters. The highest BCUT2D eigenvalue weighted by molar-refractivity contribution is 5.95. The maximum atomic E-state index is 12.9. The van der Waals surface area contributed by atoms with E-state index in [9.17, 15) is 24.0 Å². The number of carboxylic acid groups (broad SMARTS) is 1. The van der Waals surface area contributed by atoms with Crippen molar-refractivity contribution in [3.8, 4) is 0 Å². The van der Waals surface area contributed by atoms with E-state index in [1.807, 2.05) is 44.2 Å². The van der Waals surface area contributed by atoms with E-state index in [-0.39, 0.29) is 18.3 Å². The Morgan fingerprint density at radius 2 is 1.44 bits per heavy atom. The number of hydrogen-bond donors (Lipinski definition) is 6. The van der Waals surface area contributed by atoms with Crippen molar-refractivity contribution in [1.29, 1.82) is 0 Å². The smallest absolute Gasteiger partial charge is 0.322 e. The summed E-state index contributed by atoms with van der Waals surface area (Å²) in [5, 5.41) is 18.8. The van der Waals surface area contributed by atoms with Crippen LogP contribution in [0, 0.1) is 11.8 Å². The van der Waals surface area contributed by atoms with E-state index >= 15 is 0 Å². The van der Waals surface area contributed by atoms with Crippen molar-refractivity contribution in [1.82, 2.24) is 21.3 Å². The highest BCUT2D eigenvalue weighted by Crippen LogP contribution is 2.08. The molecule has 4 atom stereocenters. The lowest BCUT2D eigenvalue weighted by Crippen LogP contribution is -2.58. The first kappa shape index (κ1) is 30.6. The van der Waals surface area contributed by atoms with Crippen LogP contribution >= 0.6 is 0 Å². The maximum absolute atomic E-state index is 12.9. The van der Waals surface area contributed by atoms with E-state index in [1.54, 1.807) is 13.8 Å². The molecule has 0 aliphatic rings. The summed E-state index contributed by atoms with van der Waals surface area (Å²) < 4.78 is 0. The molecule has 4 amide bonds. The molecule has 1 aromatic carbocycles. The number of amides is 4. The van der Waals surface area contributed by atoms with Crippen LogP contribution in [0.4, 0.5) is 0 Å². The van der Waals surface area contributed by atoms with Gasteiger partial charge in [0, 0.05) is 0 Å². The van der Waals surface area contributed by atoms with Crippen LogP contribution in [-0.2, 0) is 30.4 Å². The quantitative estimate of drug-likeness (QED) is 0.205. The van der Waals surface area contributed by atoms with Crippen molar-refractivity contribution in [2.45, 2.75) is 71.6 Å². The molecule has 0 bridgehead atoms. The fraction of sp³-hybridized carbons (Fsp3) is 0.560. The van der Waals surface area contributed by atoms with E-state index in [2.05, 4.69) is 21.3 Å². The molecule has 0 aromatic heterocycles. The van der Waals surface area contributed by atoms with Crippen LogP contribution in [0.25, 0.3) is 0 Å².